The molecule has 2 heterocycles. The van der Waals surface area contributed by atoms with Gasteiger partial charge in [-0.3, -0.25) is 15.0 Å². The van der Waals surface area contributed by atoms with Gasteiger partial charge in [0, 0.05) is 55.3 Å². The van der Waals surface area contributed by atoms with E-state index in [0.717, 1.165) is 12.1 Å². The van der Waals surface area contributed by atoms with Crippen LogP contribution in [0, 0.1) is 10.1 Å². The van der Waals surface area contributed by atoms with E-state index < -0.39 is 28.4 Å². The minimum absolute atomic E-state index is 0.144. The zero-order valence-electron chi connectivity index (χ0n) is 21.9. The van der Waals surface area contributed by atoms with Gasteiger partial charge in [-0.2, -0.15) is 0 Å². The molecule has 0 bridgehead atoms. The number of hydrogen-bond acceptors (Lipinski definition) is 9. The highest BCUT2D eigenvalue weighted by molar-refractivity contribution is 6.00. The number of benzene rings is 2. The third kappa shape index (κ3) is 5.55. The molecule has 0 saturated carbocycles. The van der Waals surface area contributed by atoms with Crippen LogP contribution in [0.5, 0.6) is 0 Å². The summed E-state index contributed by atoms with van der Waals surface area (Å²) in [6, 6.07) is 13.6. The van der Waals surface area contributed by atoms with E-state index >= 15 is 0 Å². The maximum atomic E-state index is 13.8. The maximum Gasteiger partial charge on any atom is 0.337 e. The van der Waals surface area contributed by atoms with Crippen molar-refractivity contribution >= 4 is 23.3 Å². The lowest BCUT2D eigenvalue weighted by Crippen LogP contribution is -2.38. The van der Waals surface area contributed by atoms with Crippen LogP contribution in [0.15, 0.2) is 71.1 Å². The van der Waals surface area contributed by atoms with Gasteiger partial charge in [-0.15, -0.1) is 0 Å². The Balaban J connectivity index is 1.62. The first-order chi connectivity index (χ1) is 18.0. The molecule has 2 atom stereocenters. The number of ether oxygens (including phenoxy) is 2. The van der Waals surface area contributed by atoms with Crippen molar-refractivity contribution in [2.45, 2.75) is 45.3 Å². The molecule has 2 aliphatic heterocycles. The third-order valence-electron chi connectivity index (χ3n) is 7.04. The fourth-order valence-corrected chi connectivity index (χ4v) is 5.20. The highest BCUT2D eigenvalue weighted by Gasteiger charge is 2.42. The van der Waals surface area contributed by atoms with Gasteiger partial charge in [-0.1, -0.05) is 24.3 Å². The molecule has 0 radical (unpaired) electrons. The number of esters is 2. The monoisotopic (exact) mass is 520 g/mol. The Kier molecular flexibility index (Phi) is 7.54. The summed E-state index contributed by atoms with van der Waals surface area (Å²) in [7, 11) is 1.26. The molecule has 0 aromatic heterocycles. The molecular weight excluding hydrogens is 488 g/mol. The van der Waals surface area contributed by atoms with Crippen LogP contribution >= 0.6 is 0 Å². The zero-order chi connectivity index (χ0) is 27.6. The summed E-state index contributed by atoms with van der Waals surface area (Å²) in [5.74, 6) is -2.12. The number of carbonyl (C=O) groups is 2. The molecule has 0 aliphatic carbocycles. The SMILES string of the molecule is COC(=O)C1=C(C)NC(C)=C(C(=O)OC2(C)CCN(Cc3ccc(N)cc3)C2)C1c1cccc([N+](=O)[O-])c1. The van der Waals surface area contributed by atoms with Crippen molar-refractivity contribution in [1.82, 2.24) is 10.2 Å². The van der Waals surface area contributed by atoms with Gasteiger partial charge in [0.1, 0.15) is 5.60 Å². The Morgan fingerprint density at radius 1 is 1.13 bits per heavy atom. The van der Waals surface area contributed by atoms with Gasteiger partial charge in [0.05, 0.1) is 29.1 Å². The molecule has 3 N–H and O–H groups in total. The molecule has 200 valence electrons. The lowest BCUT2D eigenvalue weighted by molar-refractivity contribution is -0.384. The number of non-ortho nitro benzene ring substituents is 1. The van der Waals surface area contributed by atoms with E-state index in [1.807, 2.05) is 31.2 Å². The molecule has 0 amide bonds. The minimum Gasteiger partial charge on any atom is -0.466 e. The number of nitrogens with two attached hydrogens (primary N) is 1. The highest BCUT2D eigenvalue weighted by atomic mass is 16.6. The summed E-state index contributed by atoms with van der Waals surface area (Å²) in [5, 5.41) is 14.6. The third-order valence-corrected chi connectivity index (χ3v) is 7.04. The summed E-state index contributed by atoms with van der Waals surface area (Å²) in [5.41, 5.74) is 8.56. The first-order valence-corrected chi connectivity index (χ1v) is 12.3. The van der Waals surface area contributed by atoms with Crippen molar-refractivity contribution in [1.29, 1.82) is 0 Å². The second-order valence-electron chi connectivity index (χ2n) is 10.0. The second-order valence-corrected chi connectivity index (χ2v) is 10.0. The number of nitro benzene ring substituents is 1. The summed E-state index contributed by atoms with van der Waals surface area (Å²) in [6.45, 7) is 7.29. The summed E-state index contributed by atoms with van der Waals surface area (Å²) >= 11 is 0. The van der Waals surface area contributed by atoms with Crippen LogP contribution in [0.3, 0.4) is 0 Å². The average molecular weight is 521 g/mol. The minimum atomic E-state index is -0.896. The van der Waals surface area contributed by atoms with Crippen LogP contribution in [-0.4, -0.2) is 47.6 Å². The lowest BCUT2D eigenvalue weighted by Gasteiger charge is -2.32. The molecule has 10 nitrogen and oxygen atoms in total. The predicted octanol–water partition coefficient (Wildman–Crippen LogP) is 3.79. The van der Waals surface area contributed by atoms with E-state index in [-0.39, 0.29) is 16.8 Å². The van der Waals surface area contributed by atoms with Crippen LogP contribution in [0.2, 0.25) is 0 Å². The number of nitrogens with one attached hydrogen (secondary N) is 1. The Bertz CT molecular complexity index is 1330. The second kappa shape index (κ2) is 10.7. The summed E-state index contributed by atoms with van der Waals surface area (Å²) in [4.78, 5) is 39.8. The van der Waals surface area contributed by atoms with Gasteiger partial charge >= 0.3 is 11.9 Å². The van der Waals surface area contributed by atoms with E-state index in [0.29, 0.717) is 42.2 Å². The molecule has 1 fully saturated rings. The fraction of sp³-hybridized carbons (Fsp3) is 0.357. The van der Waals surface area contributed by atoms with Gasteiger partial charge in [0.2, 0.25) is 0 Å². The molecule has 4 rings (SSSR count). The number of likely N-dealkylation sites (tertiary alicyclic amines) is 1. The number of nitrogens with zero attached hydrogens (tertiary/aromatic N) is 2. The van der Waals surface area contributed by atoms with Gasteiger partial charge in [-0.25, -0.2) is 9.59 Å². The van der Waals surface area contributed by atoms with Gasteiger partial charge < -0.3 is 20.5 Å². The van der Waals surface area contributed by atoms with E-state index in [1.165, 1.54) is 25.3 Å². The molecule has 38 heavy (non-hydrogen) atoms. The molecule has 2 aliphatic rings. The molecule has 2 aromatic rings. The Morgan fingerprint density at radius 3 is 2.42 bits per heavy atom. The van der Waals surface area contributed by atoms with E-state index in [4.69, 9.17) is 15.2 Å². The number of rotatable bonds is 7. The van der Waals surface area contributed by atoms with Crippen molar-refractivity contribution < 1.29 is 24.0 Å². The standard InChI is InChI=1S/C28H32N4O6/c1-17-23(26(33)37-4)25(20-6-5-7-22(14-20)32(35)36)24(18(2)30-17)27(34)38-28(3)12-13-31(16-28)15-19-8-10-21(29)11-9-19/h5-11,14,25,30H,12-13,15-16,29H2,1-4H3. The normalized spacial score (nSPS) is 21.7. The fourth-order valence-electron chi connectivity index (χ4n) is 5.20. The molecular formula is C28H32N4O6. The number of nitrogen functional groups attached to an aromatic ring is 1. The number of hydrogen-bond donors (Lipinski definition) is 2. The average Bonchev–Trinajstić information content (AvgIpc) is 3.24. The Labute approximate surface area is 221 Å². The number of methoxy groups -OCH3 is 1. The molecule has 2 aromatic carbocycles. The largest absolute Gasteiger partial charge is 0.466 e. The van der Waals surface area contributed by atoms with Crippen molar-refractivity contribution in [3.8, 4) is 0 Å². The number of carbonyl (C=O) groups excluding carboxylic acids is 2. The smallest absolute Gasteiger partial charge is 0.337 e. The number of allylic oxidation sites excluding steroid dienone is 2. The number of dihydropyridines is 1. The Morgan fingerprint density at radius 2 is 1.79 bits per heavy atom. The van der Waals surface area contributed by atoms with Crippen molar-refractivity contribution in [2.75, 3.05) is 25.9 Å². The van der Waals surface area contributed by atoms with Crippen molar-refractivity contribution in [3.05, 3.63) is 92.3 Å². The lowest BCUT2D eigenvalue weighted by atomic mass is 9.80. The van der Waals surface area contributed by atoms with Crippen LogP contribution in [0.1, 0.15) is 44.2 Å². The number of nitro groups is 1. The van der Waals surface area contributed by atoms with Crippen LogP contribution < -0.4 is 11.1 Å². The van der Waals surface area contributed by atoms with Gasteiger partial charge in [0.25, 0.3) is 5.69 Å². The highest BCUT2D eigenvalue weighted by Crippen LogP contribution is 2.41. The Hall–Kier alpha value is -4.18. The quantitative estimate of drug-likeness (QED) is 0.242. The maximum absolute atomic E-state index is 13.8. The molecule has 2 unspecified atom stereocenters. The van der Waals surface area contributed by atoms with Crippen molar-refractivity contribution in [2.24, 2.45) is 0 Å². The molecule has 1 saturated heterocycles. The van der Waals surface area contributed by atoms with Gasteiger partial charge in [0.15, 0.2) is 0 Å². The summed E-state index contributed by atoms with van der Waals surface area (Å²) < 4.78 is 11.1. The van der Waals surface area contributed by atoms with E-state index in [9.17, 15) is 19.7 Å². The van der Waals surface area contributed by atoms with Crippen LogP contribution in [-0.2, 0) is 25.6 Å². The van der Waals surface area contributed by atoms with Crippen molar-refractivity contribution in [3.63, 3.8) is 0 Å². The van der Waals surface area contributed by atoms with E-state index in [2.05, 4.69) is 10.2 Å². The van der Waals surface area contributed by atoms with Gasteiger partial charge in [-0.05, 0) is 44.0 Å². The first kappa shape index (κ1) is 26.9. The number of anilines is 1. The topological polar surface area (TPSA) is 137 Å². The van der Waals surface area contributed by atoms with Crippen LogP contribution in [0.4, 0.5) is 11.4 Å². The van der Waals surface area contributed by atoms with E-state index in [1.54, 1.807) is 19.9 Å². The molecule has 10 heteroatoms. The summed E-state index contributed by atoms with van der Waals surface area (Å²) in [6.07, 6.45) is 0.633. The van der Waals surface area contributed by atoms with Crippen LogP contribution in [0.25, 0.3) is 0 Å². The zero-order valence-corrected chi connectivity index (χ0v) is 21.9. The predicted molar refractivity (Wildman–Crippen MR) is 142 cm³/mol. The molecule has 0 spiro atoms. The first-order valence-electron chi connectivity index (χ1n) is 12.3.